The fourth-order valence-corrected chi connectivity index (χ4v) is 1.72. The molecule has 2 aliphatic rings. The van der Waals surface area contributed by atoms with Crippen molar-refractivity contribution in [2.45, 2.75) is 19.1 Å². The number of carbonyl (C=O) groups excluding carboxylic acids is 1. The van der Waals surface area contributed by atoms with Gasteiger partial charge >= 0.3 is 5.97 Å². The molecule has 1 aliphatic carbocycles. The molecule has 7 nitrogen and oxygen atoms in total. The summed E-state index contributed by atoms with van der Waals surface area (Å²) in [6.45, 7) is 1.53. The molecule has 1 heterocycles. The first kappa shape index (κ1) is 12.7. The van der Waals surface area contributed by atoms with Crippen molar-refractivity contribution in [3.8, 4) is 0 Å². The highest BCUT2D eigenvalue weighted by atomic mass is 16.8. The number of cyclic esters (lactones) is 1. The summed E-state index contributed by atoms with van der Waals surface area (Å²) < 4.78 is 4.72. The second-order valence-electron chi connectivity index (χ2n) is 3.91. The topological polar surface area (TPSA) is 107 Å². The molecule has 1 aliphatic heterocycles. The Balaban J connectivity index is 2.25. The number of aliphatic imine (C=N–C) groups is 1. The number of aliphatic hydroxyl groups is 1. The molecule has 0 aromatic heterocycles. The van der Waals surface area contributed by atoms with Crippen LogP contribution in [0.15, 0.2) is 40.6 Å². The van der Waals surface area contributed by atoms with Crippen molar-refractivity contribution in [3.63, 3.8) is 0 Å². The average Bonchev–Trinajstić information content (AvgIpc) is 2.60. The van der Waals surface area contributed by atoms with Crippen molar-refractivity contribution >= 4 is 11.9 Å². The number of hydrogen-bond donors (Lipinski definition) is 3. The number of rotatable bonds is 2. The summed E-state index contributed by atoms with van der Waals surface area (Å²) in [5.74, 6) is -0.385. The lowest BCUT2D eigenvalue weighted by atomic mass is 9.96. The van der Waals surface area contributed by atoms with E-state index in [0.29, 0.717) is 5.57 Å². The van der Waals surface area contributed by atoms with Gasteiger partial charge in [0, 0.05) is 6.92 Å². The van der Waals surface area contributed by atoms with Crippen LogP contribution in [0.2, 0.25) is 0 Å². The maximum atomic E-state index is 11.3. The van der Waals surface area contributed by atoms with Crippen LogP contribution >= 0.6 is 0 Å². The predicted octanol–water partition coefficient (Wildman–Crippen LogP) is -1.16. The van der Waals surface area contributed by atoms with Gasteiger partial charge in [-0.3, -0.25) is 0 Å². The Morgan fingerprint density at radius 3 is 2.89 bits per heavy atom. The molecule has 0 radical (unpaired) electrons. The normalized spacial score (nSPS) is 31.1. The van der Waals surface area contributed by atoms with Gasteiger partial charge in [-0.25, -0.2) is 20.2 Å². The van der Waals surface area contributed by atoms with Crippen molar-refractivity contribution in [1.29, 1.82) is 0 Å². The quantitative estimate of drug-likeness (QED) is 0.326. The fraction of sp³-hybridized carbons (Fsp3) is 0.273. The molecule has 0 saturated carbocycles. The summed E-state index contributed by atoms with van der Waals surface area (Å²) in [6, 6.07) is -1.02. The third-order valence-electron chi connectivity index (χ3n) is 2.60. The first-order valence-corrected chi connectivity index (χ1v) is 5.27. The summed E-state index contributed by atoms with van der Waals surface area (Å²) in [4.78, 5) is 15.2. The van der Waals surface area contributed by atoms with Crippen LogP contribution in [0.25, 0.3) is 0 Å². The van der Waals surface area contributed by atoms with Crippen LogP contribution in [0.1, 0.15) is 6.92 Å². The Bertz CT molecular complexity index is 490. The minimum Gasteiger partial charge on any atom is -0.600 e. The Labute approximate surface area is 103 Å². The monoisotopic (exact) mass is 252 g/mol. The largest absolute Gasteiger partial charge is 0.600 e. The summed E-state index contributed by atoms with van der Waals surface area (Å²) in [7, 11) is 0. The summed E-state index contributed by atoms with van der Waals surface area (Å²) >= 11 is 0. The number of hydrogen-bond acceptors (Lipinski definition) is 6. The van der Waals surface area contributed by atoms with Gasteiger partial charge in [0.2, 0.25) is 0 Å². The van der Waals surface area contributed by atoms with Crippen LogP contribution < -0.4 is 5.23 Å². The van der Waals surface area contributed by atoms with E-state index in [1.54, 1.807) is 0 Å². The van der Waals surface area contributed by atoms with Gasteiger partial charge in [-0.15, -0.1) is 0 Å². The number of ether oxygens (including phenoxy) is 1. The van der Waals surface area contributed by atoms with Gasteiger partial charge < -0.3 is 15.1 Å². The Morgan fingerprint density at radius 1 is 1.61 bits per heavy atom. The molecule has 96 valence electrons. The lowest BCUT2D eigenvalue weighted by Gasteiger charge is -2.28. The van der Waals surface area contributed by atoms with Gasteiger partial charge in [0.15, 0.2) is 17.6 Å². The highest BCUT2D eigenvalue weighted by Gasteiger charge is 2.29. The molecule has 0 bridgehead atoms. The molecule has 3 atom stereocenters. The van der Waals surface area contributed by atoms with Crippen LogP contribution in [0.5, 0.6) is 0 Å². The fourth-order valence-electron chi connectivity index (χ4n) is 1.72. The number of hydroxylamine groups is 2. The standard InChI is InChI=1S/C11H12N2O5/c1-6-12-8(11(15)18-6)5-7-3-2-4-9(10(7)14)13(16)17/h2-5,9-10,13-14,16H,1H3/b8-5+/t9-,10+/m1/s1. The van der Waals surface area contributed by atoms with Crippen molar-refractivity contribution in [2.75, 3.05) is 0 Å². The molecule has 3 N–H and O–H groups in total. The molecule has 0 spiro atoms. The molecule has 0 aromatic carbocycles. The molecule has 1 unspecified atom stereocenters. The maximum absolute atomic E-state index is 11.3. The van der Waals surface area contributed by atoms with Crippen molar-refractivity contribution < 1.29 is 25.1 Å². The first-order valence-electron chi connectivity index (χ1n) is 5.27. The van der Waals surface area contributed by atoms with E-state index in [1.807, 2.05) is 0 Å². The molecular formula is C11H12N2O5. The third kappa shape index (κ3) is 2.39. The number of nitrogens with one attached hydrogen (secondary N) is 1. The lowest BCUT2D eigenvalue weighted by Crippen LogP contribution is -3.10. The molecule has 0 fully saturated rings. The van der Waals surface area contributed by atoms with Crippen LogP contribution in [0.4, 0.5) is 0 Å². The van der Waals surface area contributed by atoms with Crippen LogP contribution in [-0.4, -0.2) is 34.3 Å². The van der Waals surface area contributed by atoms with Crippen molar-refractivity contribution in [3.05, 3.63) is 40.8 Å². The number of allylic oxidation sites excluding steroid dienone is 2. The van der Waals surface area contributed by atoms with Gasteiger partial charge in [0.1, 0.15) is 6.10 Å². The van der Waals surface area contributed by atoms with Gasteiger partial charge in [-0.1, -0.05) is 12.2 Å². The summed E-state index contributed by atoms with van der Waals surface area (Å²) in [5, 5.41) is 28.5. The maximum Gasteiger partial charge on any atom is 0.363 e. The molecule has 18 heavy (non-hydrogen) atoms. The van der Waals surface area contributed by atoms with E-state index in [2.05, 4.69) is 4.99 Å². The van der Waals surface area contributed by atoms with E-state index >= 15 is 0 Å². The van der Waals surface area contributed by atoms with Crippen LogP contribution in [0.3, 0.4) is 0 Å². The molecule has 0 aromatic rings. The van der Waals surface area contributed by atoms with E-state index in [-0.39, 0.29) is 11.6 Å². The number of aliphatic hydroxyl groups excluding tert-OH is 1. The van der Waals surface area contributed by atoms with E-state index in [4.69, 9.17) is 9.94 Å². The number of nitrogens with zero attached hydrogens (tertiary/aromatic N) is 1. The minimum absolute atomic E-state index is 0.0530. The van der Waals surface area contributed by atoms with E-state index in [0.717, 1.165) is 0 Å². The SMILES string of the molecule is CC1=N/C(=C/C2=CC=C[C@@H]([NH+]([O-])O)[C@H]2O)C(=O)O1. The van der Waals surface area contributed by atoms with Crippen molar-refractivity contribution in [1.82, 2.24) is 0 Å². The minimum atomic E-state index is -1.20. The van der Waals surface area contributed by atoms with Gasteiger partial charge in [0.25, 0.3) is 0 Å². The molecule has 0 amide bonds. The van der Waals surface area contributed by atoms with Crippen LogP contribution in [0, 0.1) is 5.21 Å². The zero-order valence-corrected chi connectivity index (χ0v) is 9.53. The van der Waals surface area contributed by atoms with Gasteiger partial charge in [-0.2, -0.15) is 0 Å². The smallest absolute Gasteiger partial charge is 0.363 e. The second-order valence-corrected chi connectivity index (χ2v) is 3.91. The highest BCUT2D eigenvalue weighted by molar-refractivity contribution is 6.04. The van der Waals surface area contributed by atoms with Gasteiger partial charge in [0.05, 0.1) is 0 Å². The number of carbonyl (C=O) groups is 1. The third-order valence-corrected chi connectivity index (χ3v) is 2.60. The molecular weight excluding hydrogens is 240 g/mol. The first-order chi connectivity index (χ1) is 8.49. The van der Waals surface area contributed by atoms with Crippen molar-refractivity contribution in [2.24, 2.45) is 4.99 Å². The lowest BCUT2D eigenvalue weighted by molar-refractivity contribution is -1.06. The van der Waals surface area contributed by atoms with E-state index in [1.165, 1.54) is 31.2 Å². The predicted molar refractivity (Wildman–Crippen MR) is 60.4 cm³/mol. The Morgan fingerprint density at radius 2 is 2.33 bits per heavy atom. The van der Waals surface area contributed by atoms with E-state index in [9.17, 15) is 15.1 Å². The molecule has 0 saturated heterocycles. The Hall–Kier alpha value is -1.80. The second kappa shape index (κ2) is 4.83. The number of esters is 1. The van der Waals surface area contributed by atoms with E-state index < -0.39 is 23.3 Å². The molecule has 2 rings (SSSR count). The summed E-state index contributed by atoms with van der Waals surface area (Å²) in [6.07, 6.45) is 4.57. The summed E-state index contributed by atoms with van der Waals surface area (Å²) in [5.41, 5.74) is 0.368. The molecule has 7 heteroatoms. The zero-order valence-electron chi connectivity index (χ0n) is 9.53. The zero-order chi connectivity index (χ0) is 13.3. The van der Waals surface area contributed by atoms with Crippen LogP contribution in [-0.2, 0) is 9.53 Å². The number of quaternary nitrogens is 1. The average molecular weight is 252 g/mol. The highest BCUT2D eigenvalue weighted by Crippen LogP contribution is 2.19. The Kier molecular flexibility index (Phi) is 3.39. The van der Waals surface area contributed by atoms with Gasteiger partial charge in [-0.05, 0) is 17.7 Å².